The molecule has 0 aliphatic heterocycles. The standard InChI is InChI=1S/C16H17N3O3S2/c1-10-4-8-23-12(10)2-3-13(20)17-6-7-19-15(21)14-11(5-9-24-14)18-16(19)22/h4-5,8-9H,2-3,6-7H2,1H3,(H,17,20)(H,18,22). The van der Waals surface area contributed by atoms with Gasteiger partial charge in [0.05, 0.1) is 5.52 Å². The maximum absolute atomic E-state index is 12.2. The van der Waals surface area contributed by atoms with Crippen LogP contribution in [0.25, 0.3) is 10.2 Å². The van der Waals surface area contributed by atoms with Crippen molar-refractivity contribution in [1.29, 1.82) is 0 Å². The molecule has 0 bridgehead atoms. The lowest BCUT2D eigenvalue weighted by molar-refractivity contribution is -0.121. The quantitative estimate of drug-likeness (QED) is 0.701. The molecule has 8 heteroatoms. The summed E-state index contributed by atoms with van der Waals surface area (Å²) in [4.78, 5) is 40.0. The molecule has 0 spiro atoms. The molecule has 3 aromatic heterocycles. The van der Waals surface area contributed by atoms with Gasteiger partial charge < -0.3 is 10.3 Å². The SMILES string of the molecule is Cc1ccsc1CCC(=O)NCCn1c(=O)[nH]c2ccsc2c1=O. The fraction of sp³-hybridized carbons (Fsp3) is 0.312. The van der Waals surface area contributed by atoms with Crippen LogP contribution in [-0.2, 0) is 17.8 Å². The molecule has 3 rings (SSSR count). The van der Waals surface area contributed by atoms with Crippen LogP contribution in [0, 0.1) is 6.92 Å². The number of H-pyrrole nitrogens is 1. The highest BCUT2D eigenvalue weighted by Gasteiger charge is 2.09. The van der Waals surface area contributed by atoms with E-state index < -0.39 is 5.69 Å². The number of amides is 1. The molecule has 1 amide bonds. The molecular formula is C16H17N3O3S2. The third kappa shape index (κ3) is 3.49. The van der Waals surface area contributed by atoms with Crippen molar-refractivity contribution in [3.8, 4) is 0 Å². The average molecular weight is 363 g/mol. The molecule has 3 aromatic rings. The monoisotopic (exact) mass is 363 g/mol. The summed E-state index contributed by atoms with van der Waals surface area (Å²) in [6.07, 6.45) is 1.10. The van der Waals surface area contributed by atoms with Gasteiger partial charge in [0, 0.05) is 24.4 Å². The molecule has 0 saturated heterocycles. The van der Waals surface area contributed by atoms with Crippen LogP contribution in [0.5, 0.6) is 0 Å². The number of carbonyl (C=O) groups excluding carboxylic acids is 1. The number of hydrogen-bond donors (Lipinski definition) is 2. The first-order chi connectivity index (χ1) is 11.6. The number of aryl methyl sites for hydroxylation is 2. The van der Waals surface area contributed by atoms with Crippen molar-refractivity contribution >= 4 is 38.8 Å². The van der Waals surface area contributed by atoms with Crippen molar-refractivity contribution in [3.05, 3.63) is 54.2 Å². The molecule has 0 fully saturated rings. The zero-order chi connectivity index (χ0) is 17.1. The first-order valence-electron chi connectivity index (χ1n) is 7.56. The van der Waals surface area contributed by atoms with Crippen molar-refractivity contribution in [2.75, 3.05) is 6.54 Å². The molecule has 0 atom stereocenters. The van der Waals surface area contributed by atoms with Crippen molar-refractivity contribution in [1.82, 2.24) is 14.9 Å². The van der Waals surface area contributed by atoms with E-state index in [4.69, 9.17) is 0 Å². The Morgan fingerprint density at radius 2 is 2.04 bits per heavy atom. The van der Waals surface area contributed by atoms with E-state index in [9.17, 15) is 14.4 Å². The predicted molar refractivity (Wildman–Crippen MR) is 97.1 cm³/mol. The number of aromatic nitrogens is 2. The van der Waals surface area contributed by atoms with Gasteiger partial charge in [-0.25, -0.2) is 4.79 Å². The van der Waals surface area contributed by atoms with Gasteiger partial charge in [-0.1, -0.05) is 0 Å². The molecular weight excluding hydrogens is 346 g/mol. The van der Waals surface area contributed by atoms with Gasteiger partial charge in [-0.15, -0.1) is 22.7 Å². The second kappa shape index (κ2) is 7.14. The van der Waals surface area contributed by atoms with Gasteiger partial charge >= 0.3 is 5.69 Å². The lowest BCUT2D eigenvalue weighted by atomic mass is 10.2. The molecule has 0 aliphatic rings. The highest BCUT2D eigenvalue weighted by Crippen LogP contribution is 2.17. The summed E-state index contributed by atoms with van der Waals surface area (Å²) in [5, 5.41) is 6.55. The summed E-state index contributed by atoms with van der Waals surface area (Å²) in [7, 11) is 0. The predicted octanol–water partition coefficient (Wildman–Crippen LogP) is 1.87. The van der Waals surface area contributed by atoms with Gasteiger partial charge in [-0.2, -0.15) is 0 Å². The summed E-state index contributed by atoms with van der Waals surface area (Å²) in [5.41, 5.74) is 0.998. The van der Waals surface area contributed by atoms with Crippen molar-refractivity contribution < 1.29 is 4.79 Å². The van der Waals surface area contributed by atoms with E-state index in [2.05, 4.69) is 10.3 Å². The third-order valence-electron chi connectivity index (χ3n) is 3.80. The Kier molecular flexibility index (Phi) is 4.96. The Bertz CT molecular complexity index is 980. The highest BCUT2D eigenvalue weighted by atomic mass is 32.1. The number of carbonyl (C=O) groups is 1. The number of aromatic amines is 1. The van der Waals surface area contributed by atoms with E-state index in [-0.39, 0.29) is 24.6 Å². The number of fused-ring (bicyclic) bond motifs is 1. The Hall–Kier alpha value is -2.19. The minimum absolute atomic E-state index is 0.0792. The Morgan fingerprint density at radius 1 is 1.25 bits per heavy atom. The number of thiophene rings is 2. The van der Waals surface area contributed by atoms with Crippen LogP contribution in [0.2, 0.25) is 0 Å². The second-order valence-corrected chi connectivity index (χ2v) is 7.34. The summed E-state index contributed by atoms with van der Waals surface area (Å²) in [6.45, 7) is 2.44. The minimum Gasteiger partial charge on any atom is -0.354 e. The van der Waals surface area contributed by atoms with Gasteiger partial charge in [0.25, 0.3) is 5.56 Å². The maximum Gasteiger partial charge on any atom is 0.328 e. The van der Waals surface area contributed by atoms with E-state index >= 15 is 0 Å². The molecule has 0 saturated carbocycles. The van der Waals surface area contributed by atoms with Gasteiger partial charge in [-0.3, -0.25) is 14.2 Å². The Labute approximate surface area is 145 Å². The smallest absolute Gasteiger partial charge is 0.328 e. The number of hydrogen-bond acceptors (Lipinski definition) is 5. The van der Waals surface area contributed by atoms with Crippen LogP contribution in [0.4, 0.5) is 0 Å². The number of nitrogens with one attached hydrogen (secondary N) is 2. The van der Waals surface area contributed by atoms with Crippen molar-refractivity contribution in [3.63, 3.8) is 0 Å². The second-order valence-electron chi connectivity index (χ2n) is 5.43. The van der Waals surface area contributed by atoms with Crippen molar-refractivity contribution in [2.45, 2.75) is 26.3 Å². The first kappa shape index (κ1) is 16.7. The average Bonchev–Trinajstić information content (AvgIpc) is 3.17. The van der Waals surface area contributed by atoms with E-state index in [0.717, 1.165) is 4.57 Å². The van der Waals surface area contributed by atoms with Gasteiger partial charge in [0.15, 0.2) is 0 Å². The molecule has 3 heterocycles. The van der Waals surface area contributed by atoms with E-state index in [1.54, 1.807) is 22.8 Å². The van der Waals surface area contributed by atoms with E-state index in [1.807, 2.05) is 18.4 Å². The zero-order valence-electron chi connectivity index (χ0n) is 13.1. The molecule has 6 nitrogen and oxygen atoms in total. The number of nitrogens with zero attached hydrogens (tertiary/aromatic N) is 1. The van der Waals surface area contributed by atoms with Crippen LogP contribution in [0.15, 0.2) is 32.5 Å². The normalized spacial score (nSPS) is 11.0. The zero-order valence-corrected chi connectivity index (χ0v) is 14.8. The summed E-state index contributed by atoms with van der Waals surface area (Å²) < 4.78 is 1.65. The van der Waals surface area contributed by atoms with Gasteiger partial charge in [0.1, 0.15) is 4.70 Å². The third-order valence-corrected chi connectivity index (χ3v) is 5.78. The van der Waals surface area contributed by atoms with Crippen LogP contribution in [-0.4, -0.2) is 22.0 Å². The first-order valence-corrected chi connectivity index (χ1v) is 9.32. The largest absolute Gasteiger partial charge is 0.354 e. The molecule has 126 valence electrons. The highest BCUT2D eigenvalue weighted by molar-refractivity contribution is 7.17. The molecule has 2 N–H and O–H groups in total. The molecule has 24 heavy (non-hydrogen) atoms. The van der Waals surface area contributed by atoms with Gasteiger partial charge in [-0.05, 0) is 41.8 Å². The van der Waals surface area contributed by atoms with Crippen LogP contribution in [0.1, 0.15) is 16.9 Å². The molecule has 0 aliphatic carbocycles. The van der Waals surface area contributed by atoms with Gasteiger partial charge in [0.2, 0.25) is 5.91 Å². The van der Waals surface area contributed by atoms with Crippen LogP contribution in [0.3, 0.4) is 0 Å². The Balaban J connectivity index is 1.56. The van der Waals surface area contributed by atoms with E-state index in [1.165, 1.54) is 21.8 Å². The molecule has 0 radical (unpaired) electrons. The molecule has 0 aromatic carbocycles. The summed E-state index contributed by atoms with van der Waals surface area (Å²) >= 11 is 2.94. The minimum atomic E-state index is -0.450. The van der Waals surface area contributed by atoms with Crippen LogP contribution >= 0.6 is 22.7 Å². The fourth-order valence-electron chi connectivity index (χ4n) is 2.46. The fourth-order valence-corrected chi connectivity index (χ4v) is 4.16. The van der Waals surface area contributed by atoms with Crippen LogP contribution < -0.4 is 16.6 Å². The van der Waals surface area contributed by atoms with Crippen molar-refractivity contribution in [2.24, 2.45) is 0 Å². The lowest BCUT2D eigenvalue weighted by Gasteiger charge is -2.07. The Morgan fingerprint density at radius 3 is 2.79 bits per heavy atom. The summed E-state index contributed by atoms with van der Waals surface area (Å²) in [5.74, 6) is -0.0792. The lowest BCUT2D eigenvalue weighted by Crippen LogP contribution is -2.38. The molecule has 0 unspecified atom stereocenters. The summed E-state index contributed by atoms with van der Waals surface area (Å²) in [6, 6.07) is 3.75. The maximum atomic E-state index is 12.2. The topological polar surface area (TPSA) is 84.0 Å². The van der Waals surface area contributed by atoms with E-state index in [0.29, 0.717) is 23.1 Å². The number of rotatable bonds is 6.